The third-order valence-electron chi connectivity index (χ3n) is 4.94. The molecular formula is C15H21N3OS. The summed E-state index contributed by atoms with van der Waals surface area (Å²) < 4.78 is 0. The van der Waals surface area contributed by atoms with E-state index in [9.17, 15) is 4.79 Å². The third kappa shape index (κ3) is 1.99. The molecule has 0 N–H and O–H groups in total. The topological polar surface area (TPSA) is 36.4 Å². The van der Waals surface area contributed by atoms with Crippen LogP contribution in [0.15, 0.2) is 0 Å². The number of carbonyl (C=O) groups is 1. The molecule has 2 saturated heterocycles. The number of piperazine rings is 1. The highest BCUT2D eigenvalue weighted by Gasteiger charge is 2.36. The van der Waals surface area contributed by atoms with Gasteiger partial charge in [-0.1, -0.05) is 11.3 Å². The van der Waals surface area contributed by atoms with Crippen molar-refractivity contribution in [3.05, 3.63) is 10.6 Å². The molecule has 2 aliphatic heterocycles. The first-order valence-corrected chi connectivity index (χ1v) is 8.57. The molecule has 1 aliphatic carbocycles. The first-order chi connectivity index (χ1) is 9.72. The average Bonchev–Trinajstić information content (AvgIpc) is 3.03. The number of thiazole rings is 1. The van der Waals surface area contributed by atoms with Gasteiger partial charge in [0, 0.05) is 31.6 Å². The number of ketones is 1. The van der Waals surface area contributed by atoms with Gasteiger partial charge in [-0.05, 0) is 39.2 Å². The number of rotatable bonds is 1. The number of nitrogens with zero attached hydrogens (tertiary/aromatic N) is 3. The average molecular weight is 291 g/mol. The molecule has 0 aromatic carbocycles. The molecule has 3 aliphatic rings. The minimum Gasteiger partial charge on any atom is -0.343 e. The number of fused-ring (bicyclic) bond motifs is 2. The maximum Gasteiger partial charge on any atom is 0.186 e. The Morgan fingerprint density at radius 1 is 1.25 bits per heavy atom. The van der Waals surface area contributed by atoms with Gasteiger partial charge in [0.1, 0.15) is 0 Å². The van der Waals surface area contributed by atoms with Crippen molar-refractivity contribution >= 4 is 22.3 Å². The number of anilines is 1. The molecule has 0 saturated carbocycles. The van der Waals surface area contributed by atoms with Crippen molar-refractivity contribution in [1.29, 1.82) is 0 Å². The lowest BCUT2D eigenvalue weighted by Crippen LogP contribution is -2.55. The molecule has 4 nitrogen and oxygen atoms in total. The highest BCUT2D eigenvalue weighted by molar-refractivity contribution is 7.17. The standard InChI is InChI=1S/C15H21N3OS/c1-10-8-17-7-3-4-11(17)9-18(10)15-16-12-5-2-6-13(19)14(12)20-15/h10-11H,2-9H2,1H3. The summed E-state index contributed by atoms with van der Waals surface area (Å²) in [6.07, 6.45) is 5.31. The molecule has 2 fully saturated rings. The molecule has 2 unspecified atom stereocenters. The zero-order valence-corrected chi connectivity index (χ0v) is 12.8. The number of hydrogen-bond donors (Lipinski definition) is 0. The monoisotopic (exact) mass is 291 g/mol. The molecule has 0 spiro atoms. The van der Waals surface area contributed by atoms with E-state index in [2.05, 4.69) is 16.7 Å². The zero-order chi connectivity index (χ0) is 13.7. The third-order valence-corrected chi connectivity index (χ3v) is 6.12. The van der Waals surface area contributed by atoms with E-state index in [1.54, 1.807) is 11.3 Å². The van der Waals surface area contributed by atoms with Crippen molar-refractivity contribution < 1.29 is 4.79 Å². The van der Waals surface area contributed by atoms with Gasteiger partial charge in [-0.15, -0.1) is 0 Å². The quantitative estimate of drug-likeness (QED) is 0.796. The van der Waals surface area contributed by atoms with Crippen LogP contribution in [0.1, 0.15) is 48.0 Å². The SMILES string of the molecule is CC1CN2CCCC2CN1c1nc2c(s1)C(=O)CCC2. The molecule has 0 radical (unpaired) electrons. The van der Waals surface area contributed by atoms with E-state index in [0.29, 0.717) is 24.3 Å². The van der Waals surface area contributed by atoms with E-state index in [-0.39, 0.29) is 0 Å². The van der Waals surface area contributed by atoms with Crippen LogP contribution in [0.3, 0.4) is 0 Å². The summed E-state index contributed by atoms with van der Waals surface area (Å²) in [7, 11) is 0. The van der Waals surface area contributed by atoms with Crippen molar-refractivity contribution in [2.45, 2.75) is 51.1 Å². The van der Waals surface area contributed by atoms with Crippen LogP contribution in [0, 0.1) is 0 Å². The van der Waals surface area contributed by atoms with E-state index < -0.39 is 0 Å². The summed E-state index contributed by atoms with van der Waals surface area (Å²) in [6, 6.07) is 1.20. The van der Waals surface area contributed by atoms with Crippen molar-refractivity contribution in [2.24, 2.45) is 0 Å². The Bertz CT molecular complexity index is 541. The Kier molecular flexibility index (Phi) is 3.07. The summed E-state index contributed by atoms with van der Waals surface area (Å²) in [5.41, 5.74) is 1.06. The molecule has 108 valence electrons. The Balaban J connectivity index is 1.62. The maximum atomic E-state index is 12.0. The highest BCUT2D eigenvalue weighted by atomic mass is 32.1. The number of aromatic nitrogens is 1. The molecule has 0 bridgehead atoms. The van der Waals surface area contributed by atoms with Gasteiger partial charge in [-0.3, -0.25) is 9.69 Å². The molecule has 4 rings (SSSR count). The van der Waals surface area contributed by atoms with Crippen molar-refractivity contribution in [2.75, 3.05) is 24.5 Å². The smallest absolute Gasteiger partial charge is 0.186 e. The van der Waals surface area contributed by atoms with E-state index >= 15 is 0 Å². The van der Waals surface area contributed by atoms with E-state index in [1.165, 1.54) is 19.4 Å². The molecule has 5 heteroatoms. The fourth-order valence-corrected chi connectivity index (χ4v) is 5.02. The van der Waals surface area contributed by atoms with Gasteiger partial charge in [0.05, 0.1) is 10.6 Å². The van der Waals surface area contributed by atoms with Crippen LogP contribution in [0.5, 0.6) is 0 Å². The van der Waals surface area contributed by atoms with Crippen LogP contribution < -0.4 is 4.90 Å². The van der Waals surface area contributed by atoms with Gasteiger partial charge in [0.15, 0.2) is 10.9 Å². The molecule has 2 atom stereocenters. The van der Waals surface area contributed by atoms with Crippen LogP contribution in [0.25, 0.3) is 0 Å². The summed E-state index contributed by atoms with van der Waals surface area (Å²) in [6.45, 7) is 5.77. The molecule has 20 heavy (non-hydrogen) atoms. The van der Waals surface area contributed by atoms with Gasteiger partial charge >= 0.3 is 0 Å². The minimum atomic E-state index is 0.308. The van der Waals surface area contributed by atoms with Crippen LogP contribution in [0.4, 0.5) is 5.13 Å². The molecule has 0 amide bonds. The lowest BCUT2D eigenvalue weighted by atomic mass is 10.0. The predicted molar refractivity (Wildman–Crippen MR) is 80.8 cm³/mol. The van der Waals surface area contributed by atoms with Gasteiger partial charge in [0.25, 0.3) is 0 Å². The Hall–Kier alpha value is -0.940. The molecular weight excluding hydrogens is 270 g/mol. The fourth-order valence-electron chi connectivity index (χ4n) is 3.83. The largest absolute Gasteiger partial charge is 0.343 e. The zero-order valence-electron chi connectivity index (χ0n) is 12.0. The maximum absolute atomic E-state index is 12.0. The molecule has 1 aromatic rings. The Morgan fingerprint density at radius 2 is 2.15 bits per heavy atom. The second-order valence-corrected chi connectivity index (χ2v) is 7.32. The summed E-state index contributed by atoms with van der Waals surface area (Å²) in [4.78, 5) is 22.8. The molecule has 1 aromatic heterocycles. The summed E-state index contributed by atoms with van der Waals surface area (Å²) in [5.74, 6) is 0.308. The predicted octanol–water partition coefficient (Wildman–Crippen LogP) is 2.33. The van der Waals surface area contributed by atoms with Crippen molar-refractivity contribution in [3.8, 4) is 0 Å². The summed E-state index contributed by atoms with van der Waals surface area (Å²) in [5, 5.41) is 1.09. The summed E-state index contributed by atoms with van der Waals surface area (Å²) >= 11 is 1.63. The number of Topliss-reactive ketones (excluding diaryl/α,β-unsaturated/α-hetero) is 1. The second-order valence-electron chi connectivity index (χ2n) is 6.34. The van der Waals surface area contributed by atoms with Crippen LogP contribution >= 0.6 is 11.3 Å². The number of carbonyl (C=O) groups excluding carboxylic acids is 1. The van der Waals surface area contributed by atoms with Crippen molar-refractivity contribution in [3.63, 3.8) is 0 Å². The fraction of sp³-hybridized carbons (Fsp3) is 0.733. The lowest BCUT2D eigenvalue weighted by Gasteiger charge is -2.42. The second kappa shape index (κ2) is 4.81. The van der Waals surface area contributed by atoms with Crippen LogP contribution in [-0.2, 0) is 6.42 Å². The van der Waals surface area contributed by atoms with E-state index in [0.717, 1.165) is 41.6 Å². The first kappa shape index (κ1) is 12.8. The van der Waals surface area contributed by atoms with E-state index in [1.807, 2.05) is 0 Å². The number of hydrogen-bond acceptors (Lipinski definition) is 5. The lowest BCUT2D eigenvalue weighted by molar-refractivity contribution is 0.0976. The van der Waals surface area contributed by atoms with E-state index in [4.69, 9.17) is 4.98 Å². The van der Waals surface area contributed by atoms with Crippen LogP contribution in [0.2, 0.25) is 0 Å². The highest BCUT2D eigenvalue weighted by Crippen LogP contribution is 2.35. The van der Waals surface area contributed by atoms with Gasteiger partial charge in [0.2, 0.25) is 0 Å². The minimum absolute atomic E-state index is 0.308. The first-order valence-electron chi connectivity index (χ1n) is 7.76. The Morgan fingerprint density at radius 3 is 3.00 bits per heavy atom. The van der Waals surface area contributed by atoms with Gasteiger partial charge in [-0.25, -0.2) is 4.98 Å². The van der Waals surface area contributed by atoms with Gasteiger partial charge < -0.3 is 4.90 Å². The Labute approximate surface area is 123 Å². The van der Waals surface area contributed by atoms with Gasteiger partial charge in [-0.2, -0.15) is 0 Å². The normalized spacial score (nSPS) is 30.4. The number of aryl methyl sites for hydroxylation is 1. The van der Waals surface area contributed by atoms with Crippen LogP contribution in [-0.4, -0.2) is 47.4 Å². The van der Waals surface area contributed by atoms with Crippen molar-refractivity contribution in [1.82, 2.24) is 9.88 Å². The molecule has 3 heterocycles.